The van der Waals surface area contributed by atoms with Crippen LogP contribution in [-0.4, -0.2) is 12.7 Å². The quantitative estimate of drug-likeness (QED) is 0.765. The van der Waals surface area contributed by atoms with Crippen LogP contribution >= 0.6 is 0 Å². The predicted octanol–water partition coefficient (Wildman–Crippen LogP) is 2.77. The van der Waals surface area contributed by atoms with Crippen molar-refractivity contribution in [2.45, 2.75) is 32.2 Å². The average molecular weight is 217 g/mol. The first kappa shape index (κ1) is 11.1. The highest BCUT2D eigenvalue weighted by atomic mass is 16.7. The standard InChI is InChI=1S/C13H15NO2/c1-2-12-7-8-15-13(16-12)11-5-3-10(9-14)4-6-11/h3-6,12-13H,2,7-8H2,1H3. The van der Waals surface area contributed by atoms with E-state index in [-0.39, 0.29) is 12.4 Å². The van der Waals surface area contributed by atoms with Gasteiger partial charge < -0.3 is 9.47 Å². The van der Waals surface area contributed by atoms with Crippen LogP contribution in [0.15, 0.2) is 24.3 Å². The Morgan fingerprint density at radius 2 is 2.12 bits per heavy atom. The first-order valence-corrected chi connectivity index (χ1v) is 5.60. The monoisotopic (exact) mass is 217 g/mol. The summed E-state index contributed by atoms with van der Waals surface area (Å²) in [6, 6.07) is 9.45. The number of benzene rings is 1. The van der Waals surface area contributed by atoms with E-state index in [0.717, 1.165) is 25.0 Å². The molecule has 0 radical (unpaired) electrons. The Balaban J connectivity index is 2.08. The molecular formula is C13H15NO2. The molecule has 0 aliphatic carbocycles. The molecule has 3 nitrogen and oxygen atoms in total. The van der Waals surface area contributed by atoms with Gasteiger partial charge in [0.1, 0.15) is 0 Å². The van der Waals surface area contributed by atoms with Crippen molar-refractivity contribution in [3.05, 3.63) is 35.4 Å². The van der Waals surface area contributed by atoms with Crippen molar-refractivity contribution < 1.29 is 9.47 Å². The van der Waals surface area contributed by atoms with Crippen molar-refractivity contribution >= 4 is 0 Å². The topological polar surface area (TPSA) is 42.2 Å². The van der Waals surface area contributed by atoms with E-state index in [9.17, 15) is 0 Å². The van der Waals surface area contributed by atoms with Gasteiger partial charge in [0.05, 0.1) is 24.3 Å². The Morgan fingerprint density at radius 3 is 2.75 bits per heavy atom. The maximum Gasteiger partial charge on any atom is 0.184 e. The number of ether oxygens (including phenoxy) is 2. The molecule has 3 heteroatoms. The van der Waals surface area contributed by atoms with Crippen LogP contribution in [0.5, 0.6) is 0 Å². The maximum atomic E-state index is 8.71. The lowest BCUT2D eigenvalue weighted by Gasteiger charge is -2.29. The smallest absolute Gasteiger partial charge is 0.184 e. The summed E-state index contributed by atoms with van der Waals surface area (Å²) in [5, 5.41) is 8.71. The second-order valence-corrected chi connectivity index (χ2v) is 3.89. The zero-order chi connectivity index (χ0) is 11.4. The Morgan fingerprint density at radius 1 is 1.38 bits per heavy atom. The molecule has 1 aromatic carbocycles. The molecule has 0 aromatic heterocycles. The summed E-state index contributed by atoms with van der Waals surface area (Å²) < 4.78 is 11.4. The highest BCUT2D eigenvalue weighted by Crippen LogP contribution is 2.27. The van der Waals surface area contributed by atoms with Gasteiger partial charge in [-0.2, -0.15) is 5.26 Å². The van der Waals surface area contributed by atoms with Crippen LogP contribution in [0, 0.1) is 11.3 Å². The Labute approximate surface area is 95.6 Å². The summed E-state index contributed by atoms with van der Waals surface area (Å²) in [6.45, 7) is 2.86. The van der Waals surface area contributed by atoms with E-state index in [0.29, 0.717) is 5.56 Å². The summed E-state index contributed by atoms with van der Waals surface area (Å²) in [7, 11) is 0. The molecule has 16 heavy (non-hydrogen) atoms. The van der Waals surface area contributed by atoms with Gasteiger partial charge in [-0.15, -0.1) is 0 Å². The van der Waals surface area contributed by atoms with E-state index in [1.54, 1.807) is 12.1 Å². The minimum Gasteiger partial charge on any atom is -0.348 e. The van der Waals surface area contributed by atoms with Gasteiger partial charge >= 0.3 is 0 Å². The second kappa shape index (κ2) is 5.11. The molecule has 0 spiro atoms. The summed E-state index contributed by atoms with van der Waals surface area (Å²) in [5.74, 6) is 0. The normalized spacial score (nSPS) is 25.0. The first-order valence-electron chi connectivity index (χ1n) is 5.60. The number of nitrogens with zero attached hydrogens (tertiary/aromatic N) is 1. The van der Waals surface area contributed by atoms with Crippen molar-refractivity contribution in [3.63, 3.8) is 0 Å². The van der Waals surface area contributed by atoms with Crippen LogP contribution < -0.4 is 0 Å². The lowest BCUT2D eigenvalue weighted by Crippen LogP contribution is -2.26. The molecule has 1 fully saturated rings. The van der Waals surface area contributed by atoms with Crippen molar-refractivity contribution in [2.75, 3.05) is 6.61 Å². The SMILES string of the molecule is CCC1CCOC(c2ccc(C#N)cc2)O1. The number of hydrogen-bond acceptors (Lipinski definition) is 3. The van der Waals surface area contributed by atoms with E-state index in [4.69, 9.17) is 14.7 Å². The minimum atomic E-state index is -0.272. The van der Waals surface area contributed by atoms with Gasteiger partial charge in [0.25, 0.3) is 0 Å². The largest absolute Gasteiger partial charge is 0.348 e. The van der Waals surface area contributed by atoms with Crippen LogP contribution in [0.2, 0.25) is 0 Å². The molecule has 2 rings (SSSR count). The summed E-state index contributed by atoms with van der Waals surface area (Å²) in [6.07, 6.45) is 1.99. The first-order chi connectivity index (χ1) is 7.83. The fourth-order valence-electron chi connectivity index (χ4n) is 1.78. The van der Waals surface area contributed by atoms with Crippen LogP contribution in [-0.2, 0) is 9.47 Å². The van der Waals surface area contributed by atoms with Gasteiger partial charge in [-0.05, 0) is 25.0 Å². The lowest BCUT2D eigenvalue weighted by molar-refractivity contribution is -0.217. The minimum absolute atomic E-state index is 0.272. The number of nitriles is 1. The van der Waals surface area contributed by atoms with Crippen LogP contribution in [0.3, 0.4) is 0 Å². The highest BCUT2D eigenvalue weighted by molar-refractivity contribution is 5.32. The molecule has 84 valence electrons. The van der Waals surface area contributed by atoms with Gasteiger partial charge in [-0.1, -0.05) is 19.1 Å². The van der Waals surface area contributed by atoms with Crippen LogP contribution in [0.1, 0.15) is 37.2 Å². The van der Waals surface area contributed by atoms with E-state index >= 15 is 0 Å². The van der Waals surface area contributed by atoms with Gasteiger partial charge in [-0.3, -0.25) is 0 Å². The zero-order valence-corrected chi connectivity index (χ0v) is 9.35. The molecule has 2 unspecified atom stereocenters. The summed E-state index contributed by atoms with van der Waals surface area (Å²) >= 11 is 0. The van der Waals surface area contributed by atoms with E-state index in [1.807, 2.05) is 12.1 Å². The molecule has 1 aliphatic heterocycles. The Bertz CT molecular complexity index is 380. The third kappa shape index (κ3) is 2.41. The molecule has 1 aliphatic rings. The van der Waals surface area contributed by atoms with Crippen molar-refractivity contribution in [1.82, 2.24) is 0 Å². The fourth-order valence-corrected chi connectivity index (χ4v) is 1.78. The molecule has 1 saturated heterocycles. The van der Waals surface area contributed by atoms with Crippen molar-refractivity contribution in [1.29, 1.82) is 5.26 Å². The highest BCUT2D eigenvalue weighted by Gasteiger charge is 2.22. The molecule has 0 saturated carbocycles. The van der Waals surface area contributed by atoms with E-state index < -0.39 is 0 Å². The molecule has 1 aromatic rings. The Hall–Kier alpha value is -1.37. The van der Waals surface area contributed by atoms with Gasteiger partial charge in [-0.25, -0.2) is 0 Å². The van der Waals surface area contributed by atoms with Crippen LogP contribution in [0.25, 0.3) is 0 Å². The van der Waals surface area contributed by atoms with Gasteiger partial charge in [0.15, 0.2) is 6.29 Å². The van der Waals surface area contributed by atoms with Crippen molar-refractivity contribution in [3.8, 4) is 6.07 Å². The van der Waals surface area contributed by atoms with Gasteiger partial charge in [0, 0.05) is 5.56 Å². The van der Waals surface area contributed by atoms with Gasteiger partial charge in [0.2, 0.25) is 0 Å². The molecule has 1 heterocycles. The summed E-state index contributed by atoms with van der Waals surface area (Å²) in [4.78, 5) is 0. The molecule has 0 N–H and O–H groups in total. The molecule has 2 atom stereocenters. The third-order valence-electron chi connectivity index (χ3n) is 2.79. The molecular weight excluding hydrogens is 202 g/mol. The van der Waals surface area contributed by atoms with Crippen molar-refractivity contribution in [2.24, 2.45) is 0 Å². The van der Waals surface area contributed by atoms with E-state index in [2.05, 4.69) is 13.0 Å². The second-order valence-electron chi connectivity index (χ2n) is 3.89. The number of hydrogen-bond donors (Lipinski definition) is 0. The predicted molar refractivity (Wildman–Crippen MR) is 59.6 cm³/mol. The lowest BCUT2D eigenvalue weighted by atomic mass is 10.1. The average Bonchev–Trinajstić information content (AvgIpc) is 2.39. The van der Waals surface area contributed by atoms with Crippen LogP contribution in [0.4, 0.5) is 0 Å². The summed E-state index contributed by atoms with van der Waals surface area (Å²) in [5.41, 5.74) is 1.64. The van der Waals surface area contributed by atoms with E-state index in [1.165, 1.54) is 0 Å². The zero-order valence-electron chi connectivity index (χ0n) is 9.35. The molecule has 0 amide bonds. The number of rotatable bonds is 2. The maximum absolute atomic E-state index is 8.71. The fraction of sp³-hybridized carbons (Fsp3) is 0.462. The third-order valence-corrected chi connectivity index (χ3v) is 2.79. The Kier molecular flexibility index (Phi) is 3.55. The molecule has 0 bridgehead atoms.